The Labute approximate surface area is 234 Å². The first-order chi connectivity index (χ1) is 18.6. The zero-order valence-electron chi connectivity index (χ0n) is 21.7. The first-order valence-electron chi connectivity index (χ1n) is 11.8. The van der Waals surface area contributed by atoms with Crippen LogP contribution in [0.15, 0.2) is 41.3 Å². The van der Waals surface area contributed by atoms with Crippen molar-refractivity contribution in [2.45, 2.75) is 25.8 Å². The quantitative estimate of drug-likeness (QED) is 0.284. The molecule has 1 atom stereocenters. The highest BCUT2D eigenvalue weighted by atomic mass is 35.5. The fourth-order valence-electron chi connectivity index (χ4n) is 4.02. The molecule has 0 aliphatic carbocycles. The summed E-state index contributed by atoms with van der Waals surface area (Å²) in [5.74, 6) is -2.10. The molecule has 0 aliphatic rings. The molecule has 10 nitrogen and oxygen atoms in total. The molecule has 3 aromatic rings. The summed E-state index contributed by atoms with van der Waals surface area (Å²) in [6.07, 6.45) is 0.776. The number of rotatable bonds is 11. The lowest BCUT2D eigenvalue weighted by Crippen LogP contribution is -2.28. The van der Waals surface area contributed by atoms with E-state index < -0.39 is 29.1 Å². The summed E-state index contributed by atoms with van der Waals surface area (Å²) in [5, 5.41) is 14.6. The Kier molecular flexibility index (Phi) is 10.1. The van der Waals surface area contributed by atoms with Gasteiger partial charge >= 0.3 is 5.97 Å². The predicted octanol–water partition coefficient (Wildman–Crippen LogP) is 4.43. The minimum atomic E-state index is -1.04. The van der Waals surface area contributed by atoms with E-state index in [1.165, 1.54) is 21.3 Å². The summed E-state index contributed by atoms with van der Waals surface area (Å²) in [6.45, 7) is 1.79. The molecule has 1 unspecified atom stereocenters. The monoisotopic (exact) mass is 578 g/mol. The molecule has 0 saturated carbocycles. The molecular weight excluding hydrogens is 551 g/mol. The van der Waals surface area contributed by atoms with Crippen molar-refractivity contribution >= 4 is 35.1 Å². The maximum atomic E-state index is 13.2. The van der Waals surface area contributed by atoms with E-state index in [9.17, 15) is 19.5 Å². The first-order valence-corrected chi connectivity index (χ1v) is 12.5. The molecule has 12 heteroatoms. The smallest absolute Gasteiger partial charge is 0.343 e. The lowest BCUT2D eigenvalue weighted by atomic mass is 9.87. The number of carbonyl (C=O) groups excluding carboxylic acids is 2. The van der Waals surface area contributed by atoms with E-state index in [0.717, 1.165) is 6.20 Å². The van der Waals surface area contributed by atoms with Crippen LogP contribution in [0.2, 0.25) is 10.0 Å². The van der Waals surface area contributed by atoms with E-state index in [4.69, 9.17) is 42.1 Å². The third-order valence-electron chi connectivity index (χ3n) is 5.90. The van der Waals surface area contributed by atoms with Crippen LogP contribution in [0.4, 0.5) is 0 Å². The fourth-order valence-corrected chi connectivity index (χ4v) is 4.34. The molecule has 1 heterocycles. The van der Waals surface area contributed by atoms with Crippen molar-refractivity contribution in [2.24, 2.45) is 0 Å². The largest absolute Gasteiger partial charge is 0.506 e. The highest BCUT2D eigenvalue weighted by Crippen LogP contribution is 2.43. The summed E-state index contributed by atoms with van der Waals surface area (Å²) in [4.78, 5) is 41.1. The van der Waals surface area contributed by atoms with Gasteiger partial charge in [0.2, 0.25) is 11.7 Å². The van der Waals surface area contributed by atoms with Gasteiger partial charge in [-0.3, -0.25) is 9.59 Å². The summed E-state index contributed by atoms with van der Waals surface area (Å²) in [7, 11) is 4.28. The van der Waals surface area contributed by atoms with Crippen LogP contribution in [-0.4, -0.2) is 49.9 Å². The van der Waals surface area contributed by atoms with E-state index in [1.807, 2.05) is 0 Å². The van der Waals surface area contributed by atoms with Gasteiger partial charge in [-0.05, 0) is 42.3 Å². The molecule has 0 spiro atoms. The van der Waals surface area contributed by atoms with Crippen LogP contribution in [0.3, 0.4) is 0 Å². The fraction of sp³-hybridized carbons (Fsp3) is 0.296. The summed E-state index contributed by atoms with van der Waals surface area (Å²) in [5.41, 5.74) is -0.0701. The van der Waals surface area contributed by atoms with Crippen molar-refractivity contribution in [3.8, 4) is 23.0 Å². The molecule has 1 amide bonds. The Morgan fingerprint density at radius 1 is 1.03 bits per heavy atom. The Morgan fingerprint density at radius 2 is 1.69 bits per heavy atom. The molecule has 3 rings (SSSR count). The molecule has 0 aliphatic heterocycles. The molecule has 39 heavy (non-hydrogen) atoms. The second-order valence-corrected chi connectivity index (χ2v) is 9.07. The van der Waals surface area contributed by atoms with Crippen LogP contribution in [0.25, 0.3) is 0 Å². The SMILES string of the molecule is CCOC(=O)c1c[nH]c(=O)c(C(CC(=O)NCc2ccc(Cl)c(Cl)c2)c2cc(OC)c(OC)c(OC)c2)c1O. The number of hydrogen-bond donors (Lipinski definition) is 3. The second kappa shape index (κ2) is 13.3. The van der Waals surface area contributed by atoms with Gasteiger partial charge in [-0.2, -0.15) is 0 Å². The van der Waals surface area contributed by atoms with Crippen LogP contribution in [-0.2, 0) is 16.1 Å². The van der Waals surface area contributed by atoms with Gasteiger partial charge in [0.05, 0.1) is 43.5 Å². The number of hydrogen-bond acceptors (Lipinski definition) is 8. The Morgan fingerprint density at radius 3 is 2.26 bits per heavy atom. The van der Waals surface area contributed by atoms with E-state index in [-0.39, 0.29) is 42.2 Å². The van der Waals surface area contributed by atoms with Crippen molar-refractivity contribution < 1.29 is 33.6 Å². The maximum absolute atomic E-state index is 13.2. The summed E-state index contributed by atoms with van der Waals surface area (Å²) >= 11 is 12.0. The third-order valence-corrected chi connectivity index (χ3v) is 6.64. The number of H-pyrrole nitrogens is 1. The van der Waals surface area contributed by atoms with E-state index in [2.05, 4.69) is 10.3 Å². The van der Waals surface area contributed by atoms with Crippen molar-refractivity contribution in [3.63, 3.8) is 0 Å². The molecule has 0 bridgehead atoms. The number of halogens is 2. The zero-order chi connectivity index (χ0) is 28.7. The maximum Gasteiger partial charge on any atom is 0.343 e. The average molecular weight is 579 g/mol. The second-order valence-electron chi connectivity index (χ2n) is 8.25. The Balaban J connectivity index is 2.09. The molecular formula is C27H28Cl2N2O8. The molecule has 2 aromatic carbocycles. The number of aromatic hydroxyl groups is 1. The number of pyridine rings is 1. The Hall–Kier alpha value is -3.89. The molecule has 1 aromatic heterocycles. The summed E-state index contributed by atoms with van der Waals surface area (Å²) in [6, 6.07) is 8.08. The van der Waals surface area contributed by atoms with Crippen LogP contribution < -0.4 is 25.1 Å². The molecule has 0 saturated heterocycles. The number of methoxy groups -OCH3 is 3. The van der Waals surface area contributed by atoms with Gasteiger partial charge in [0, 0.05) is 25.1 Å². The minimum Gasteiger partial charge on any atom is -0.506 e. The van der Waals surface area contributed by atoms with Crippen molar-refractivity contribution in [1.29, 1.82) is 0 Å². The van der Waals surface area contributed by atoms with Crippen molar-refractivity contribution in [2.75, 3.05) is 27.9 Å². The zero-order valence-corrected chi connectivity index (χ0v) is 23.2. The highest BCUT2D eigenvalue weighted by Gasteiger charge is 2.30. The number of aromatic nitrogens is 1. The predicted molar refractivity (Wildman–Crippen MR) is 146 cm³/mol. The van der Waals surface area contributed by atoms with E-state index in [0.29, 0.717) is 26.9 Å². The number of benzene rings is 2. The standard InChI is InChI=1S/C27H28Cl2N2O8/c1-5-39-27(35)17-13-31-26(34)23(24(17)33)16(15-9-20(36-2)25(38-4)21(10-15)37-3)11-22(32)30-12-14-6-7-18(28)19(29)8-14/h6-10,13,16H,5,11-12H2,1-4H3,(H,30,32)(H2,31,33,34). The average Bonchev–Trinajstić information content (AvgIpc) is 2.92. The lowest BCUT2D eigenvalue weighted by Gasteiger charge is -2.22. The highest BCUT2D eigenvalue weighted by molar-refractivity contribution is 6.42. The molecule has 0 fully saturated rings. The van der Waals surface area contributed by atoms with Crippen LogP contribution in [0, 0.1) is 0 Å². The number of carbonyl (C=O) groups is 2. The van der Waals surface area contributed by atoms with Gasteiger partial charge in [-0.25, -0.2) is 4.79 Å². The molecule has 208 valence electrons. The van der Waals surface area contributed by atoms with Gasteiger partial charge in [-0.15, -0.1) is 0 Å². The van der Waals surface area contributed by atoms with Gasteiger partial charge in [0.15, 0.2) is 11.5 Å². The van der Waals surface area contributed by atoms with Crippen LogP contribution >= 0.6 is 23.2 Å². The Bertz CT molecular complexity index is 1400. The first kappa shape index (κ1) is 29.7. The van der Waals surface area contributed by atoms with Gasteiger partial charge in [0.1, 0.15) is 11.3 Å². The van der Waals surface area contributed by atoms with Gasteiger partial charge < -0.3 is 34.4 Å². The van der Waals surface area contributed by atoms with Gasteiger partial charge in [-0.1, -0.05) is 29.3 Å². The van der Waals surface area contributed by atoms with Crippen LogP contribution in [0.5, 0.6) is 23.0 Å². The number of aromatic amines is 1. The molecule has 0 radical (unpaired) electrons. The normalized spacial score (nSPS) is 11.4. The minimum absolute atomic E-state index is 0.0557. The number of amides is 1. The molecule has 3 N–H and O–H groups in total. The number of nitrogens with one attached hydrogen (secondary N) is 2. The number of ether oxygens (including phenoxy) is 4. The lowest BCUT2D eigenvalue weighted by molar-refractivity contribution is -0.121. The van der Waals surface area contributed by atoms with E-state index >= 15 is 0 Å². The van der Waals surface area contributed by atoms with Crippen LogP contribution in [0.1, 0.15) is 46.3 Å². The van der Waals surface area contributed by atoms with Crippen molar-refractivity contribution in [1.82, 2.24) is 10.3 Å². The summed E-state index contributed by atoms with van der Waals surface area (Å²) < 4.78 is 21.3. The number of esters is 1. The third kappa shape index (κ3) is 6.76. The van der Waals surface area contributed by atoms with Crippen molar-refractivity contribution in [3.05, 3.63) is 79.2 Å². The van der Waals surface area contributed by atoms with Gasteiger partial charge in [0.25, 0.3) is 5.56 Å². The topological polar surface area (TPSA) is 136 Å². The van der Waals surface area contributed by atoms with E-state index in [1.54, 1.807) is 37.3 Å².